The van der Waals surface area contributed by atoms with E-state index in [9.17, 15) is 0 Å². The summed E-state index contributed by atoms with van der Waals surface area (Å²) in [5.74, 6) is 0.709. The number of fused-ring (bicyclic) bond motifs is 1. The Morgan fingerprint density at radius 1 is 1.10 bits per heavy atom. The van der Waals surface area contributed by atoms with E-state index >= 15 is 0 Å². The molecule has 1 aliphatic rings. The number of benzene rings is 1. The van der Waals surface area contributed by atoms with Crippen LogP contribution in [0.1, 0.15) is 38.3 Å². The molecule has 2 nitrogen and oxygen atoms in total. The van der Waals surface area contributed by atoms with E-state index in [1.54, 1.807) is 11.1 Å². The van der Waals surface area contributed by atoms with Crippen molar-refractivity contribution in [2.75, 3.05) is 26.2 Å². The lowest BCUT2D eigenvalue weighted by Crippen LogP contribution is -2.46. The van der Waals surface area contributed by atoms with Gasteiger partial charge in [0, 0.05) is 25.7 Å². The summed E-state index contributed by atoms with van der Waals surface area (Å²) < 4.78 is 0. The largest absolute Gasteiger partial charge is 0.315 e. The second kappa shape index (κ2) is 7.80. The van der Waals surface area contributed by atoms with Crippen LogP contribution in [-0.4, -0.2) is 37.1 Å². The summed E-state index contributed by atoms with van der Waals surface area (Å²) in [5.41, 5.74) is 3.11. The first-order valence-corrected chi connectivity index (χ1v) is 8.24. The molecule has 0 amide bonds. The molecule has 1 aromatic carbocycles. The van der Waals surface area contributed by atoms with Gasteiger partial charge in [-0.2, -0.15) is 0 Å². The molecule has 20 heavy (non-hydrogen) atoms. The Kier molecular flexibility index (Phi) is 6.06. The van der Waals surface area contributed by atoms with E-state index in [0.717, 1.165) is 13.1 Å². The molecule has 112 valence electrons. The van der Waals surface area contributed by atoms with Crippen molar-refractivity contribution in [3.05, 3.63) is 35.4 Å². The topological polar surface area (TPSA) is 15.3 Å². The molecule has 1 atom stereocenters. The van der Waals surface area contributed by atoms with Crippen molar-refractivity contribution in [2.24, 2.45) is 5.92 Å². The number of nitrogens with one attached hydrogen (secondary N) is 1. The lowest BCUT2D eigenvalue weighted by Gasteiger charge is -2.33. The minimum atomic E-state index is 0.663. The quantitative estimate of drug-likeness (QED) is 0.802. The van der Waals surface area contributed by atoms with Crippen molar-refractivity contribution in [3.8, 4) is 0 Å². The highest BCUT2D eigenvalue weighted by Gasteiger charge is 2.23. The van der Waals surface area contributed by atoms with E-state index < -0.39 is 0 Å². The molecule has 1 heterocycles. The van der Waals surface area contributed by atoms with Gasteiger partial charge in [0.2, 0.25) is 0 Å². The minimum absolute atomic E-state index is 0.663. The summed E-state index contributed by atoms with van der Waals surface area (Å²) in [7, 11) is 0. The van der Waals surface area contributed by atoms with E-state index in [4.69, 9.17) is 0 Å². The second-order valence-corrected chi connectivity index (χ2v) is 6.32. The van der Waals surface area contributed by atoms with Gasteiger partial charge >= 0.3 is 0 Å². The zero-order chi connectivity index (χ0) is 14.4. The SMILES string of the molecule is CCCNCC(C(C)C)N1CCc2ccccc2CC1. The highest BCUT2D eigenvalue weighted by Crippen LogP contribution is 2.19. The zero-order valence-electron chi connectivity index (χ0n) is 13.4. The van der Waals surface area contributed by atoms with Gasteiger partial charge in [0.05, 0.1) is 0 Å². The highest BCUT2D eigenvalue weighted by atomic mass is 15.2. The Hall–Kier alpha value is -0.860. The Balaban J connectivity index is 1.98. The number of rotatable bonds is 6. The van der Waals surface area contributed by atoms with Crippen LogP contribution in [0.2, 0.25) is 0 Å². The van der Waals surface area contributed by atoms with Gasteiger partial charge in [-0.25, -0.2) is 0 Å². The standard InChI is InChI=1S/C18H30N2/c1-4-11-19-14-18(15(2)3)20-12-9-16-7-5-6-8-17(16)10-13-20/h5-8,15,18-19H,4,9-14H2,1-3H3. The number of hydrogen-bond donors (Lipinski definition) is 1. The van der Waals surface area contributed by atoms with Crippen molar-refractivity contribution >= 4 is 0 Å². The monoisotopic (exact) mass is 274 g/mol. The molecule has 0 aliphatic carbocycles. The van der Waals surface area contributed by atoms with Crippen molar-refractivity contribution < 1.29 is 0 Å². The first-order chi connectivity index (χ1) is 9.72. The van der Waals surface area contributed by atoms with Crippen molar-refractivity contribution in [1.82, 2.24) is 10.2 Å². The van der Waals surface area contributed by atoms with Gasteiger partial charge < -0.3 is 5.32 Å². The third-order valence-corrected chi connectivity index (χ3v) is 4.47. The molecular formula is C18H30N2. The van der Waals surface area contributed by atoms with Crippen LogP contribution in [0.4, 0.5) is 0 Å². The van der Waals surface area contributed by atoms with Gasteiger partial charge in [-0.05, 0) is 42.9 Å². The van der Waals surface area contributed by atoms with Crippen LogP contribution >= 0.6 is 0 Å². The molecule has 1 N–H and O–H groups in total. The molecule has 0 spiro atoms. The Morgan fingerprint density at radius 3 is 2.20 bits per heavy atom. The summed E-state index contributed by atoms with van der Waals surface area (Å²) in [6.07, 6.45) is 3.62. The summed E-state index contributed by atoms with van der Waals surface area (Å²) in [5, 5.41) is 3.61. The van der Waals surface area contributed by atoms with Crippen LogP contribution < -0.4 is 5.32 Å². The Labute approximate surface area is 124 Å². The van der Waals surface area contributed by atoms with Crippen molar-refractivity contribution in [3.63, 3.8) is 0 Å². The normalized spacial score (nSPS) is 17.8. The van der Waals surface area contributed by atoms with Crippen LogP contribution in [0.25, 0.3) is 0 Å². The summed E-state index contributed by atoms with van der Waals surface area (Å²) in [6, 6.07) is 9.63. The third-order valence-electron chi connectivity index (χ3n) is 4.47. The predicted octanol–water partition coefficient (Wildman–Crippen LogP) is 3.11. The van der Waals surface area contributed by atoms with Crippen LogP contribution in [0.15, 0.2) is 24.3 Å². The lowest BCUT2D eigenvalue weighted by atomic mass is 10.0. The van der Waals surface area contributed by atoms with E-state index in [1.807, 2.05) is 0 Å². The molecule has 0 radical (unpaired) electrons. The minimum Gasteiger partial charge on any atom is -0.315 e. The van der Waals surface area contributed by atoms with Gasteiger partial charge in [-0.15, -0.1) is 0 Å². The van der Waals surface area contributed by atoms with Crippen LogP contribution in [-0.2, 0) is 12.8 Å². The van der Waals surface area contributed by atoms with Gasteiger partial charge in [-0.1, -0.05) is 45.0 Å². The molecule has 2 heteroatoms. The van der Waals surface area contributed by atoms with Crippen molar-refractivity contribution in [2.45, 2.75) is 46.1 Å². The van der Waals surface area contributed by atoms with E-state index in [1.165, 1.54) is 32.4 Å². The fraction of sp³-hybridized carbons (Fsp3) is 0.667. The molecule has 2 rings (SSSR count). The van der Waals surface area contributed by atoms with Crippen LogP contribution in [0, 0.1) is 5.92 Å². The second-order valence-electron chi connectivity index (χ2n) is 6.32. The smallest absolute Gasteiger partial charge is 0.0243 e. The third kappa shape index (κ3) is 4.07. The van der Waals surface area contributed by atoms with E-state index in [0.29, 0.717) is 12.0 Å². The maximum Gasteiger partial charge on any atom is 0.0243 e. The van der Waals surface area contributed by atoms with Gasteiger partial charge in [-0.3, -0.25) is 4.90 Å². The van der Waals surface area contributed by atoms with E-state index in [2.05, 4.69) is 55.3 Å². The maximum absolute atomic E-state index is 3.61. The molecule has 1 aliphatic heterocycles. The zero-order valence-corrected chi connectivity index (χ0v) is 13.4. The fourth-order valence-electron chi connectivity index (χ4n) is 3.23. The Morgan fingerprint density at radius 2 is 1.70 bits per heavy atom. The van der Waals surface area contributed by atoms with Gasteiger partial charge in [0.1, 0.15) is 0 Å². The molecule has 0 aromatic heterocycles. The van der Waals surface area contributed by atoms with Crippen LogP contribution in [0.3, 0.4) is 0 Å². The average Bonchev–Trinajstić information content (AvgIpc) is 2.66. The molecular weight excluding hydrogens is 244 g/mol. The van der Waals surface area contributed by atoms with Gasteiger partial charge in [0.15, 0.2) is 0 Å². The summed E-state index contributed by atoms with van der Waals surface area (Å²) in [6.45, 7) is 11.6. The average molecular weight is 274 g/mol. The maximum atomic E-state index is 3.61. The molecule has 1 aromatic rings. The number of hydrogen-bond acceptors (Lipinski definition) is 2. The molecule has 1 unspecified atom stereocenters. The fourth-order valence-corrected chi connectivity index (χ4v) is 3.23. The molecule has 0 bridgehead atoms. The first-order valence-electron chi connectivity index (χ1n) is 8.24. The molecule has 0 saturated heterocycles. The lowest BCUT2D eigenvalue weighted by molar-refractivity contribution is 0.158. The molecule has 0 saturated carbocycles. The summed E-state index contributed by atoms with van der Waals surface area (Å²) in [4.78, 5) is 2.70. The first kappa shape index (κ1) is 15.5. The highest BCUT2D eigenvalue weighted by molar-refractivity contribution is 5.28. The van der Waals surface area contributed by atoms with Gasteiger partial charge in [0.25, 0.3) is 0 Å². The van der Waals surface area contributed by atoms with Crippen molar-refractivity contribution in [1.29, 1.82) is 0 Å². The summed E-state index contributed by atoms with van der Waals surface area (Å²) >= 11 is 0. The number of nitrogens with zero attached hydrogens (tertiary/aromatic N) is 1. The Bertz CT molecular complexity index is 373. The molecule has 0 fully saturated rings. The predicted molar refractivity (Wildman–Crippen MR) is 87.2 cm³/mol. The van der Waals surface area contributed by atoms with Crippen LogP contribution in [0.5, 0.6) is 0 Å². The van der Waals surface area contributed by atoms with E-state index in [-0.39, 0.29) is 0 Å².